The first kappa shape index (κ1) is 19.2. The number of likely N-dealkylation sites (tertiary alicyclic amines) is 1. The third kappa shape index (κ3) is 6.10. The maximum atomic E-state index is 12.1. The molecule has 0 saturated carbocycles. The topological polar surface area (TPSA) is 60.0 Å². The highest BCUT2D eigenvalue weighted by Crippen LogP contribution is 2.18. The minimum Gasteiger partial charge on any atom is -0.444 e. The fourth-order valence-electron chi connectivity index (χ4n) is 2.34. The van der Waals surface area contributed by atoms with E-state index >= 15 is 0 Å². The summed E-state index contributed by atoms with van der Waals surface area (Å²) in [5, 5.41) is 3.47. The van der Waals surface area contributed by atoms with Crippen LogP contribution in [0.4, 0.5) is 4.79 Å². The lowest BCUT2D eigenvalue weighted by Crippen LogP contribution is -2.42. The van der Waals surface area contributed by atoms with Crippen molar-refractivity contribution >= 4 is 6.09 Å². The van der Waals surface area contributed by atoms with Gasteiger partial charge in [0.1, 0.15) is 5.60 Å². The Hall–Kier alpha value is -0.850. The Bertz CT molecular complexity index is 366. The van der Waals surface area contributed by atoms with Crippen LogP contribution in [0.2, 0.25) is 0 Å². The number of carbonyl (C=O) groups excluding carboxylic acids is 1. The molecule has 0 bridgehead atoms. The third-order valence-electron chi connectivity index (χ3n) is 3.91. The van der Waals surface area contributed by atoms with E-state index < -0.39 is 5.60 Å². The first-order valence-corrected chi connectivity index (χ1v) is 7.87. The summed E-state index contributed by atoms with van der Waals surface area (Å²) < 4.78 is 16.3. The summed E-state index contributed by atoms with van der Waals surface area (Å²) in [6, 6.07) is 0.116. The van der Waals surface area contributed by atoms with Crippen LogP contribution in [0.3, 0.4) is 0 Å². The van der Waals surface area contributed by atoms with Crippen LogP contribution in [0.25, 0.3) is 0 Å². The molecule has 1 unspecified atom stereocenters. The number of rotatable bonds is 6. The highest BCUT2D eigenvalue weighted by molar-refractivity contribution is 5.68. The molecule has 6 nitrogen and oxygen atoms in total. The normalized spacial score (nSPS) is 23.0. The predicted octanol–water partition coefficient (Wildman–Crippen LogP) is 2.03. The van der Waals surface area contributed by atoms with Crippen molar-refractivity contribution < 1.29 is 19.0 Å². The number of amides is 1. The molecule has 1 heterocycles. The number of ether oxygens (including phenoxy) is 3. The van der Waals surface area contributed by atoms with Crippen molar-refractivity contribution in [1.82, 2.24) is 10.2 Å². The van der Waals surface area contributed by atoms with E-state index in [-0.39, 0.29) is 23.8 Å². The number of nitrogens with zero attached hydrogens (tertiary/aromatic N) is 1. The standard InChI is InChI=1S/C16H32N2O4/c1-15(2,3)22-14(19)18-10-12(13(11-18)20-6)17-9-8-16(4,5)21-7/h12-13,17H,8-11H2,1-7H3/t12?,13-/m0/s1. The van der Waals surface area contributed by atoms with E-state index in [1.807, 2.05) is 20.8 Å². The molecule has 2 atom stereocenters. The van der Waals surface area contributed by atoms with E-state index in [9.17, 15) is 4.79 Å². The maximum absolute atomic E-state index is 12.1. The average molecular weight is 316 g/mol. The van der Waals surface area contributed by atoms with Crippen molar-refractivity contribution in [2.45, 2.75) is 64.4 Å². The Labute approximate surface area is 134 Å². The van der Waals surface area contributed by atoms with Crippen LogP contribution in [-0.2, 0) is 14.2 Å². The van der Waals surface area contributed by atoms with E-state index in [1.54, 1.807) is 19.1 Å². The molecule has 0 aromatic heterocycles. The van der Waals surface area contributed by atoms with E-state index in [0.717, 1.165) is 13.0 Å². The molecule has 0 radical (unpaired) electrons. The van der Waals surface area contributed by atoms with Gasteiger partial charge < -0.3 is 24.4 Å². The third-order valence-corrected chi connectivity index (χ3v) is 3.91. The monoisotopic (exact) mass is 316 g/mol. The smallest absolute Gasteiger partial charge is 0.410 e. The molecule has 0 aromatic carbocycles. The molecule has 1 aliphatic heterocycles. The Morgan fingerprint density at radius 1 is 1.18 bits per heavy atom. The van der Waals surface area contributed by atoms with E-state index in [0.29, 0.717) is 13.1 Å². The molecule has 1 N–H and O–H groups in total. The van der Waals surface area contributed by atoms with Crippen LogP contribution in [0.1, 0.15) is 41.0 Å². The average Bonchev–Trinajstić information content (AvgIpc) is 2.80. The van der Waals surface area contributed by atoms with Crippen LogP contribution < -0.4 is 5.32 Å². The molecule has 1 fully saturated rings. The van der Waals surface area contributed by atoms with Gasteiger partial charge in [-0.05, 0) is 47.6 Å². The van der Waals surface area contributed by atoms with E-state index in [1.165, 1.54) is 0 Å². The molecule has 1 rings (SSSR count). The summed E-state index contributed by atoms with van der Waals surface area (Å²) >= 11 is 0. The molecule has 1 amide bonds. The first-order valence-electron chi connectivity index (χ1n) is 7.87. The van der Waals surface area contributed by atoms with Gasteiger partial charge in [-0.15, -0.1) is 0 Å². The maximum Gasteiger partial charge on any atom is 0.410 e. The van der Waals surface area contributed by atoms with Crippen molar-refractivity contribution in [1.29, 1.82) is 0 Å². The first-order chi connectivity index (χ1) is 10.1. The van der Waals surface area contributed by atoms with Crippen LogP contribution in [-0.4, -0.2) is 68.2 Å². The van der Waals surface area contributed by atoms with Crippen molar-refractivity contribution in [2.24, 2.45) is 0 Å². The molecule has 1 aliphatic rings. The van der Waals surface area contributed by atoms with E-state index in [4.69, 9.17) is 14.2 Å². The Morgan fingerprint density at radius 3 is 2.32 bits per heavy atom. The van der Waals surface area contributed by atoms with Gasteiger partial charge in [-0.1, -0.05) is 0 Å². The molecular formula is C16H32N2O4. The van der Waals surface area contributed by atoms with Gasteiger partial charge in [0.2, 0.25) is 0 Å². The van der Waals surface area contributed by atoms with Crippen LogP contribution in [0, 0.1) is 0 Å². The van der Waals surface area contributed by atoms with Crippen molar-refractivity contribution in [3.05, 3.63) is 0 Å². The second-order valence-electron chi connectivity index (χ2n) is 7.43. The van der Waals surface area contributed by atoms with Gasteiger partial charge in [-0.25, -0.2) is 4.79 Å². The number of carbonyl (C=O) groups is 1. The van der Waals surface area contributed by atoms with Gasteiger partial charge in [0.25, 0.3) is 0 Å². The quantitative estimate of drug-likeness (QED) is 0.812. The number of methoxy groups -OCH3 is 2. The van der Waals surface area contributed by atoms with Gasteiger partial charge >= 0.3 is 6.09 Å². The van der Waals surface area contributed by atoms with Gasteiger partial charge in [-0.3, -0.25) is 0 Å². The molecule has 0 aromatic rings. The summed E-state index contributed by atoms with van der Waals surface area (Å²) in [7, 11) is 3.40. The lowest BCUT2D eigenvalue weighted by atomic mass is 10.1. The zero-order valence-electron chi connectivity index (χ0n) is 15.1. The SMILES string of the molecule is CO[C@H]1CN(C(=O)OC(C)(C)C)CC1NCCC(C)(C)OC. The summed E-state index contributed by atoms with van der Waals surface area (Å²) in [6.07, 6.45) is 0.595. The fraction of sp³-hybridized carbons (Fsp3) is 0.938. The number of nitrogens with one attached hydrogen (secondary N) is 1. The van der Waals surface area contributed by atoms with Crippen LogP contribution >= 0.6 is 0 Å². The Kier molecular flexibility index (Phi) is 6.65. The highest BCUT2D eigenvalue weighted by Gasteiger charge is 2.37. The zero-order valence-corrected chi connectivity index (χ0v) is 15.1. The number of hydrogen-bond acceptors (Lipinski definition) is 5. The fourth-order valence-corrected chi connectivity index (χ4v) is 2.34. The molecule has 0 aliphatic carbocycles. The predicted molar refractivity (Wildman–Crippen MR) is 86.1 cm³/mol. The molecule has 22 heavy (non-hydrogen) atoms. The Balaban J connectivity index is 2.49. The van der Waals surface area contributed by atoms with Crippen molar-refractivity contribution in [2.75, 3.05) is 33.9 Å². The minimum absolute atomic E-state index is 0.0156. The second-order valence-corrected chi connectivity index (χ2v) is 7.43. The minimum atomic E-state index is -0.479. The molecule has 0 spiro atoms. The zero-order chi connectivity index (χ0) is 17.0. The summed E-state index contributed by atoms with van der Waals surface area (Å²) in [5.74, 6) is 0. The molecular weight excluding hydrogens is 284 g/mol. The summed E-state index contributed by atoms with van der Waals surface area (Å²) in [5.41, 5.74) is -0.632. The van der Waals surface area contributed by atoms with Gasteiger partial charge in [0.15, 0.2) is 0 Å². The highest BCUT2D eigenvalue weighted by atomic mass is 16.6. The molecule has 6 heteroatoms. The van der Waals surface area contributed by atoms with Crippen molar-refractivity contribution in [3.8, 4) is 0 Å². The summed E-state index contributed by atoms with van der Waals surface area (Å²) in [6.45, 7) is 11.7. The number of hydrogen-bond donors (Lipinski definition) is 1. The Morgan fingerprint density at radius 2 is 1.82 bits per heavy atom. The van der Waals surface area contributed by atoms with Gasteiger partial charge in [0.05, 0.1) is 24.3 Å². The molecule has 130 valence electrons. The van der Waals surface area contributed by atoms with Crippen molar-refractivity contribution in [3.63, 3.8) is 0 Å². The largest absolute Gasteiger partial charge is 0.444 e. The van der Waals surface area contributed by atoms with Gasteiger partial charge in [0, 0.05) is 20.8 Å². The molecule has 1 saturated heterocycles. The lowest BCUT2D eigenvalue weighted by Gasteiger charge is -2.25. The second kappa shape index (κ2) is 7.62. The van der Waals surface area contributed by atoms with Crippen LogP contribution in [0.5, 0.6) is 0 Å². The van der Waals surface area contributed by atoms with E-state index in [2.05, 4.69) is 19.2 Å². The summed E-state index contributed by atoms with van der Waals surface area (Å²) in [4.78, 5) is 13.9. The van der Waals surface area contributed by atoms with Crippen LogP contribution in [0.15, 0.2) is 0 Å². The lowest BCUT2D eigenvalue weighted by molar-refractivity contribution is 0.0138. The van der Waals surface area contributed by atoms with Gasteiger partial charge in [-0.2, -0.15) is 0 Å².